The van der Waals surface area contributed by atoms with Gasteiger partial charge in [0.05, 0.1) is 11.6 Å². The van der Waals surface area contributed by atoms with Gasteiger partial charge in [0, 0.05) is 18.7 Å². The fraction of sp³-hybridized carbons (Fsp3) is 0.333. The van der Waals surface area contributed by atoms with E-state index in [2.05, 4.69) is 11.4 Å². The van der Waals surface area contributed by atoms with Crippen molar-refractivity contribution in [2.45, 2.75) is 19.8 Å². The molecule has 4 heteroatoms. The molecule has 84 valence electrons. The summed E-state index contributed by atoms with van der Waals surface area (Å²) in [5.41, 5.74) is 2.55. The molecule has 0 fully saturated rings. The molecule has 0 spiro atoms. The Morgan fingerprint density at radius 3 is 2.94 bits per heavy atom. The highest BCUT2D eigenvalue weighted by molar-refractivity contribution is 5.66. The van der Waals surface area contributed by atoms with Crippen LogP contribution in [0.15, 0.2) is 18.2 Å². The van der Waals surface area contributed by atoms with Crippen LogP contribution in [0.25, 0.3) is 0 Å². The summed E-state index contributed by atoms with van der Waals surface area (Å²) in [7, 11) is 0. The summed E-state index contributed by atoms with van der Waals surface area (Å²) < 4.78 is 0. The van der Waals surface area contributed by atoms with E-state index in [1.807, 2.05) is 13.0 Å². The first-order valence-electron chi connectivity index (χ1n) is 5.10. The van der Waals surface area contributed by atoms with Crippen molar-refractivity contribution in [3.8, 4) is 6.07 Å². The van der Waals surface area contributed by atoms with E-state index in [4.69, 9.17) is 10.4 Å². The lowest BCUT2D eigenvalue weighted by atomic mass is 10.1. The monoisotopic (exact) mass is 218 g/mol. The highest BCUT2D eigenvalue weighted by Gasteiger charge is 2.00. The summed E-state index contributed by atoms with van der Waals surface area (Å²) in [4.78, 5) is 10.3. The maximum Gasteiger partial charge on any atom is 0.303 e. The molecule has 1 aromatic rings. The normalized spacial score (nSPS) is 9.50. The summed E-state index contributed by atoms with van der Waals surface area (Å²) in [5.74, 6) is -0.788. The Balaban J connectivity index is 2.53. The number of carbonyl (C=O) groups is 1. The number of carboxylic acids is 1. The minimum Gasteiger partial charge on any atom is -0.481 e. The number of benzene rings is 1. The van der Waals surface area contributed by atoms with Crippen molar-refractivity contribution in [1.82, 2.24) is 0 Å². The van der Waals surface area contributed by atoms with E-state index < -0.39 is 5.97 Å². The lowest BCUT2D eigenvalue weighted by molar-refractivity contribution is -0.137. The zero-order valence-corrected chi connectivity index (χ0v) is 9.16. The van der Waals surface area contributed by atoms with E-state index in [0.29, 0.717) is 18.5 Å². The van der Waals surface area contributed by atoms with Crippen LogP contribution in [0.1, 0.15) is 24.0 Å². The Morgan fingerprint density at radius 2 is 2.31 bits per heavy atom. The lowest BCUT2D eigenvalue weighted by Crippen LogP contribution is -2.06. The van der Waals surface area contributed by atoms with Gasteiger partial charge >= 0.3 is 5.97 Å². The van der Waals surface area contributed by atoms with Gasteiger partial charge in [-0.1, -0.05) is 6.07 Å². The van der Waals surface area contributed by atoms with Crippen molar-refractivity contribution in [1.29, 1.82) is 5.26 Å². The average molecular weight is 218 g/mol. The van der Waals surface area contributed by atoms with Crippen molar-refractivity contribution in [3.05, 3.63) is 29.3 Å². The summed E-state index contributed by atoms with van der Waals surface area (Å²) >= 11 is 0. The Hall–Kier alpha value is -2.02. The van der Waals surface area contributed by atoms with Crippen LogP contribution in [-0.2, 0) is 4.79 Å². The number of hydrogen-bond donors (Lipinski definition) is 2. The molecule has 0 bridgehead atoms. The number of carboxylic acid groups (broad SMARTS) is 1. The predicted molar refractivity (Wildman–Crippen MR) is 61.3 cm³/mol. The number of rotatable bonds is 5. The van der Waals surface area contributed by atoms with E-state index in [1.54, 1.807) is 12.1 Å². The molecule has 0 radical (unpaired) electrons. The van der Waals surface area contributed by atoms with Gasteiger partial charge in [-0.3, -0.25) is 4.79 Å². The maximum atomic E-state index is 10.3. The molecule has 16 heavy (non-hydrogen) atoms. The number of nitrogens with one attached hydrogen (secondary N) is 1. The van der Waals surface area contributed by atoms with E-state index >= 15 is 0 Å². The largest absolute Gasteiger partial charge is 0.481 e. The number of anilines is 1. The molecule has 0 saturated heterocycles. The molecule has 0 saturated carbocycles. The van der Waals surface area contributed by atoms with Gasteiger partial charge in [0.1, 0.15) is 0 Å². The molecular formula is C12H14N2O2. The highest BCUT2D eigenvalue weighted by atomic mass is 16.4. The van der Waals surface area contributed by atoms with Crippen molar-refractivity contribution in [2.75, 3.05) is 11.9 Å². The predicted octanol–water partition coefficient (Wildman–Crippen LogP) is 2.14. The van der Waals surface area contributed by atoms with Crippen LogP contribution in [-0.4, -0.2) is 17.6 Å². The first-order valence-corrected chi connectivity index (χ1v) is 5.10. The SMILES string of the molecule is Cc1ccc(C#N)cc1NCCCC(=O)O. The van der Waals surface area contributed by atoms with Crippen molar-refractivity contribution in [3.63, 3.8) is 0 Å². The molecule has 4 nitrogen and oxygen atoms in total. The first-order chi connectivity index (χ1) is 7.63. The molecule has 0 aliphatic carbocycles. The molecule has 2 N–H and O–H groups in total. The summed E-state index contributed by atoms with van der Waals surface area (Å²) in [6, 6.07) is 7.48. The van der Waals surface area contributed by atoms with Gasteiger partial charge in [0.2, 0.25) is 0 Å². The third-order valence-corrected chi connectivity index (χ3v) is 2.25. The molecule has 0 amide bonds. The number of nitrogens with zero attached hydrogens (tertiary/aromatic N) is 1. The maximum absolute atomic E-state index is 10.3. The van der Waals surface area contributed by atoms with Gasteiger partial charge in [-0.2, -0.15) is 5.26 Å². The van der Waals surface area contributed by atoms with Gasteiger partial charge in [-0.05, 0) is 31.0 Å². The number of hydrogen-bond acceptors (Lipinski definition) is 3. The minimum atomic E-state index is -0.788. The van der Waals surface area contributed by atoms with E-state index in [-0.39, 0.29) is 6.42 Å². The van der Waals surface area contributed by atoms with Gasteiger partial charge in [0.15, 0.2) is 0 Å². The lowest BCUT2D eigenvalue weighted by Gasteiger charge is -2.08. The zero-order valence-electron chi connectivity index (χ0n) is 9.16. The summed E-state index contributed by atoms with van der Waals surface area (Å²) in [6.07, 6.45) is 0.732. The topological polar surface area (TPSA) is 73.1 Å². The molecular weight excluding hydrogens is 204 g/mol. The molecule has 0 heterocycles. The van der Waals surface area contributed by atoms with Crippen LogP contribution >= 0.6 is 0 Å². The van der Waals surface area contributed by atoms with E-state index in [0.717, 1.165) is 11.3 Å². The van der Waals surface area contributed by atoms with Crippen LogP contribution in [0.4, 0.5) is 5.69 Å². The molecule has 0 atom stereocenters. The van der Waals surface area contributed by atoms with Crippen LogP contribution in [0.3, 0.4) is 0 Å². The molecule has 0 aliphatic rings. The smallest absolute Gasteiger partial charge is 0.303 e. The van der Waals surface area contributed by atoms with E-state index in [9.17, 15) is 4.79 Å². The van der Waals surface area contributed by atoms with Crippen LogP contribution in [0.5, 0.6) is 0 Å². The van der Waals surface area contributed by atoms with Crippen molar-refractivity contribution >= 4 is 11.7 Å². The number of nitriles is 1. The molecule has 0 unspecified atom stereocenters. The zero-order chi connectivity index (χ0) is 12.0. The van der Waals surface area contributed by atoms with Crippen LogP contribution in [0.2, 0.25) is 0 Å². The second-order valence-electron chi connectivity index (χ2n) is 3.57. The second-order valence-corrected chi connectivity index (χ2v) is 3.57. The number of aryl methyl sites for hydroxylation is 1. The van der Waals surface area contributed by atoms with Gasteiger partial charge in [-0.25, -0.2) is 0 Å². The molecule has 1 rings (SSSR count). The molecule has 0 aromatic heterocycles. The van der Waals surface area contributed by atoms with Crippen LogP contribution < -0.4 is 5.32 Å². The van der Waals surface area contributed by atoms with E-state index in [1.165, 1.54) is 0 Å². The fourth-order valence-electron chi connectivity index (χ4n) is 1.34. The van der Waals surface area contributed by atoms with Gasteiger partial charge in [0.25, 0.3) is 0 Å². The second kappa shape index (κ2) is 5.76. The third-order valence-electron chi connectivity index (χ3n) is 2.25. The number of aliphatic carboxylic acids is 1. The highest BCUT2D eigenvalue weighted by Crippen LogP contribution is 2.16. The first kappa shape index (κ1) is 12.1. The minimum absolute atomic E-state index is 0.157. The van der Waals surface area contributed by atoms with Crippen molar-refractivity contribution in [2.24, 2.45) is 0 Å². The Morgan fingerprint density at radius 1 is 1.56 bits per heavy atom. The van der Waals surface area contributed by atoms with Crippen molar-refractivity contribution < 1.29 is 9.90 Å². The van der Waals surface area contributed by atoms with Gasteiger partial charge in [-0.15, -0.1) is 0 Å². The fourth-order valence-corrected chi connectivity index (χ4v) is 1.34. The molecule has 0 aliphatic heterocycles. The Bertz CT molecular complexity index is 422. The summed E-state index contributed by atoms with van der Waals surface area (Å²) in [5, 5.41) is 20.3. The van der Waals surface area contributed by atoms with Gasteiger partial charge < -0.3 is 10.4 Å². The Kier molecular flexibility index (Phi) is 4.34. The summed E-state index contributed by atoms with van der Waals surface area (Å²) in [6.45, 7) is 2.54. The quantitative estimate of drug-likeness (QED) is 0.742. The molecule has 1 aromatic carbocycles. The Labute approximate surface area is 94.5 Å². The average Bonchev–Trinajstić information content (AvgIpc) is 2.26. The third kappa shape index (κ3) is 3.62. The van der Waals surface area contributed by atoms with Crippen LogP contribution in [0, 0.1) is 18.3 Å². The standard InChI is InChI=1S/C12H14N2O2/c1-9-4-5-10(8-13)7-11(9)14-6-2-3-12(15)16/h4-5,7,14H,2-3,6H2,1H3,(H,15,16).